The van der Waals surface area contributed by atoms with Crippen LogP contribution in [0.25, 0.3) is 0 Å². The Kier molecular flexibility index (Phi) is 18.7. The minimum absolute atomic E-state index is 0.172. The highest BCUT2D eigenvalue weighted by molar-refractivity contribution is 8.14. The van der Waals surface area contributed by atoms with Crippen LogP contribution in [-0.2, 0) is 13.1 Å². The van der Waals surface area contributed by atoms with Crippen molar-refractivity contribution < 1.29 is 24.5 Å². The number of aromatic nitrogens is 1. The van der Waals surface area contributed by atoms with Gasteiger partial charge in [-0.05, 0) is 130 Å². The van der Waals surface area contributed by atoms with E-state index in [1.165, 1.54) is 24.6 Å². The number of fused-ring (bicyclic) bond motifs is 1. The summed E-state index contributed by atoms with van der Waals surface area (Å²) in [4.78, 5) is 23.1. The van der Waals surface area contributed by atoms with Gasteiger partial charge in [0.1, 0.15) is 5.15 Å². The monoisotopic (exact) mass is 832 g/mol. The largest absolute Gasteiger partial charge is 0.504 e. The third-order valence-corrected chi connectivity index (χ3v) is 11.1. The Morgan fingerprint density at radius 3 is 1.97 bits per heavy atom. The second kappa shape index (κ2) is 24.4. The second-order valence-corrected chi connectivity index (χ2v) is 15.5. The minimum atomic E-state index is -0.194. The molecule has 3 heterocycles. The van der Waals surface area contributed by atoms with Crippen molar-refractivity contribution in [2.24, 2.45) is 4.99 Å². The Morgan fingerprint density at radius 2 is 1.40 bits per heavy atom. The topological polar surface area (TPSA) is 165 Å². The molecule has 0 spiro atoms. The number of halogens is 1. The number of nitrogens with zero attached hydrogens (tertiary/aromatic N) is 3. The van der Waals surface area contributed by atoms with E-state index in [1.807, 2.05) is 42.5 Å². The smallest absolute Gasteiger partial charge is 0.257 e. The van der Waals surface area contributed by atoms with Crippen LogP contribution in [-0.4, -0.2) is 104 Å². The molecule has 3 aromatic carbocycles. The number of methoxy groups -OCH3 is 2. The number of amidine groups is 1. The fourth-order valence-corrected chi connectivity index (χ4v) is 7.75. The molecule has 1 aromatic heterocycles. The van der Waals surface area contributed by atoms with Crippen molar-refractivity contribution in [2.75, 3.05) is 78.4 Å². The quantitative estimate of drug-likeness (QED) is 0.0356. The van der Waals surface area contributed by atoms with E-state index in [0.29, 0.717) is 27.5 Å². The number of anilines is 1. The predicted molar refractivity (Wildman–Crippen MR) is 235 cm³/mol. The van der Waals surface area contributed by atoms with Gasteiger partial charge < -0.3 is 51.2 Å². The Labute approximate surface area is 351 Å². The molecule has 58 heavy (non-hydrogen) atoms. The lowest BCUT2D eigenvalue weighted by atomic mass is 10.1. The van der Waals surface area contributed by atoms with Gasteiger partial charge in [-0.2, -0.15) is 0 Å². The zero-order valence-electron chi connectivity index (χ0n) is 33.4. The van der Waals surface area contributed by atoms with Crippen LogP contribution in [0.2, 0.25) is 5.15 Å². The van der Waals surface area contributed by atoms with Crippen molar-refractivity contribution in [3.05, 3.63) is 106 Å². The summed E-state index contributed by atoms with van der Waals surface area (Å²) in [7, 11) is 3.12. The van der Waals surface area contributed by atoms with E-state index >= 15 is 0 Å². The molecule has 0 radical (unpaired) electrons. The molecule has 312 valence electrons. The second-order valence-electron chi connectivity index (χ2n) is 13.9. The van der Waals surface area contributed by atoms with E-state index in [2.05, 4.69) is 47.5 Å². The highest BCUT2D eigenvalue weighted by Crippen LogP contribution is 2.40. The molecule has 1 atom stereocenters. The summed E-state index contributed by atoms with van der Waals surface area (Å²) in [6, 6.07) is 22.1. The van der Waals surface area contributed by atoms with Gasteiger partial charge in [-0.3, -0.25) is 9.79 Å². The van der Waals surface area contributed by atoms with E-state index in [0.717, 1.165) is 107 Å². The number of benzene rings is 3. The van der Waals surface area contributed by atoms with Gasteiger partial charge in [-0.25, -0.2) is 4.98 Å². The molecular formula is C43H57ClN8O5S. The van der Waals surface area contributed by atoms with Crippen LogP contribution in [0.4, 0.5) is 5.69 Å². The lowest BCUT2D eigenvalue weighted by molar-refractivity contribution is 0.102. The Bertz CT molecular complexity index is 1840. The van der Waals surface area contributed by atoms with Gasteiger partial charge in [0, 0.05) is 38.1 Å². The summed E-state index contributed by atoms with van der Waals surface area (Å²) in [5.41, 5.74) is 4.66. The maximum Gasteiger partial charge on any atom is 0.257 e. The molecule has 0 aliphatic carbocycles. The molecule has 6 rings (SSSR count). The van der Waals surface area contributed by atoms with Crippen LogP contribution in [0, 0.1) is 0 Å². The summed E-state index contributed by atoms with van der Waals surface area (Å²) in [6.45, 7) is 10.4. The average Bonchev–Trinajstić information content (AvgIpc) is 3.86. The number of carbonyl (C=O) groups excluding carboxylic acids is 1. The van der Waals surface area contributed by atoms with E-state index in [4.69, 9.17) is 21.1 Å². The molecular weight excluding hydrogens is 776 g/mol. The number of unbranched alkanes of at least 4 members (excludes halogenated alkanes) is 1. The number of amides is 1. The summed E-state index contributed by atoms with van der Waals surface area (Å²) >= 11 is 7.55. The van der Waals surface area contributed by atoms with Crippen LogP contribution < -0.4 is 36.1 Å². The molecule has 1 fully saturated rings. The molecule has 1 saturated heterocycles. The van der Waals surface area contributed by atoms with Crippen LogP contribution in [0.1, 0.15) is 58.0 Å². The number of thioether (sulfide) groups is 1. The third kappa shape index (κ3) is 14.7. The molecule has 0 saturated carbocycles. The normalized spacial score (nSPS) is 14.4. The standard InChI is InChI=1S/C26H42N4O4.C17H15ClN4OS/c1-33-25-17-21(7-9-23(25)31)19-29-15-5-13-27-11-3-4-12-28-14-6-16-30-20-22-8-10-24(32)26(18-22)34-2;18-15-5-4-12(9-20-15)16(23)21-13-3-1-2-11(8-13)14-10-22-7-6-19-17(22)24-14/h7-10,17-18,27-32H,3-6,11-16,19-20H2,1-2H3;1-5,8-9,14H,6-7,10H2,(H,21,23). The highest BCUT2D eigenvalue weighted by Gasteiger charge is 2.32. The van der Waals surface area contributed by atoms with Crippen molar-refractivity contribution in [2.45, 2.75) is 44.0 Å². The first-order chi connectivity index (χ1) is 28.3. The number of nitrogens with one attached hydrogen (secondary N) is 5. The molecule has 7 N–H and O–H groups in total. The maximum atomic E-state index is 12.3. The number of aliphatic imine (C=N–C) groups is 1. The fourth-order valence-electron chi connectivity index (χ4n) is 6.37. The van der Waals surface area contributed by atoms with E-state index in [-0.39, 0.29) is 17.4 Å². The minimum Gasteiger partial charge on any atom is -0.504 e. The summed E-state index contributed by atoms with van der Waals surface area (Å²) in [5.74, 6) is 1.18. The zero-order valence-corrected chi connectivity index (χ0v) is 35.0. The molecule has 15 heteroatoms. The number of carbonyl (C=O) groups is 1. The molecule has 13 nitrogen and oxygen atoms in total. The van der Waals surface area contributed by atoms with Gasteiger partial charge in [0.2, 0.25) is 0 Å². The van der Waals surface area contributed by atoms with Crippen LogP contribution in [0.15, 0.2) is 84.0 Å². The average molecular weight is 833 g/mol. The van der Waals surface area contributed by atoms with Gasteiger partial charge in [0.15, 0.2) is 28.2 Å². The SMILES string of the molecule is COc1cc(CNCCCNCCCCNCCCNCc2ccc(O)c(OC)c2)ccc1O.O=C(Nc1cccc(C2CN3CCN=C3S2)c1)c1ccc(Cl)nc1. The van der Waals surface area contributed by atoms with E-state index in [1.54, 1.807) is 50.2 Å². The predicted octanol–water partition coefficient (Wildman–Crippen LogP) is 6.18. The fraction of sp³-hybridized carbons (Fsp3) is 0.419. The first kappa shape index (κ1) is 44.5. The van der Waals surface area contributed by atoms with Crippen molar-refractivity contribution >= 4 is 40.1 Å². The van der Waals surface area contributed by atoms with Crippen molar-refractivity contribution in [3.8, 4) is 23.0 Å². The van der Waals surface area contributed by atoms with Gasteiger partial charge in [0.25, 0.3) is 5.91 Å². The van der Waals surface area contributed by atoms with Crippen LogP contribution in [0.3, 0.4) is 0 Å². The Morgan fingerprint density at radius 1 is 0.793 bits per heavy atom. The van der Waals surface area contributed by atoms with Crippen molar-refractivity contribution in [1.29, 1.82) is 0 Å². The number of hydrogen-bond acceptors (Lipinski definition) is 13. The van der Waals surface area contributed by atoms with Gasteiger partial charge in [-0.1, -0.05) is 47.6 Å². The molecule has 1 amide bonds. The van der Waals surface area contributed by atoms with E-state index < -0.39 is 0 Å². The highest BCUT2D eigenvalue weighted by atomic mass is 35.5. The zero-order chi connectivity index (χ0) is 41.0. The van der Waals surface area contributed by atoms with E-state index in [9.17, 15) is 15.0 Å². The molecule has 1 unspecified atom stereocenters. The summed E-state index contributed by atoms with van der Waals surface area (Å²) in [6.07, 6.45) is 5.99. The first-order valence-electron chi connectivity index (χ1n) is 19.9. The first-order valence-corrected chi connectivity index (χ1v) is 21.1. The third-order valence-electron chi connectivity index (χ3n) is 9.55. The molecule has 0 bridgehead atoms. The van der Waals surface area contributed by atoms with Crippen molar-refractivity contribution in [1.82, 2.24) is 31.2 Å². The number of phenols is 2. The molecule has 4 aromatic rings. The Balaban J connectivity index is 0.000000233. The van der Waals surface area contributed by atoms with Gasteiger partial charge >= 0.3 is 0 Å². The van der Waals surface area contributed by atoms with Crippen molar-refractivity contribution in [3.63, 3.8) is 0 Å². The van der Waals surface area contributed by atoms with Crippen LogP contribution >= 0.6 is 23.4 Å². The Hall–Kier alpha value is -4.57. The van der Waals surface area contributed by atoms with Crippen LogP contribution in [0.5, 0.6) is 23.0 Å². The maximum absolute atomic E-state index is 12.3. The summed E-state index contributed by atoms with van der Waals surface area (Å²) in [5, 5.41) is 37.9. The lowest BCUT2D eigenvalue weighted by Gasteiger charge is -2.13. The lowest BCUT2D eigenvalue weighted by Crippen LogP contribution is -2.24. The number of phenolic OH excluding ortho intramolecular Hbond substituents is 2. The number of pyridine rings is 1. The summed E-state index contributed by atoms with van der Waals surface area (Å²) < 4.78 is 10.3. The number of rotatable bonds is 22. The molecule has 2 aliphatic rings. The number of hydrogen-bond donors (Lipinski definition) is 7. The van der Waals surface area contributed by atoms with Gasteiger partial charge in [-0.15, -0.1) is 0 Å². The number of ether oxygens (including phenoxy) is 2. The molecule has 2 aliphatic heterocycles. The number of aromatic hydroxyl groups is 2. The van der Waals surface area contributed by atoms with Gasteiger partial charge in [0.05, 0.1) is 31.6 Å².